The molecule has 0 saturated heterocycles. The lowest BCUT2D eigenvalue weighted by Gasteiger charge is -2.33. The van der Waals surface area contributed by atoms with Gasteiger partial charge in [-0.15, -0.1) is 0 Å². The van der Waals surface area contributed by atoms with Gasteiger partial charge in [0.05, 0.1) is 5.41 Å². The molecule has 1 aromatic heterocycles. The number of hydrogen-bond acceptors (Lipinski definition) is 0. The summed E-state index contributed by atoms with van der Waals surface area (Å²) in [5.74, 6) is 0. The highest BCUT2D eigenvalue weighted by Gasteiger charge is 2.45. The number of aromatic nitrogens is 1. The normalized spacial score (nSPS) is 13.0. The smallest absolute Gasteiger partial charge is 0.0713 e. The van der Waals surface area contributed by atoms with Crippen LogP contribution in [0, 0.1) is 16.2 Å². The summed E-state index contributed by atoms with van der Waals surface area (Å²) in [5, 5.41) is 10.7. The second kappa shape index (κ2) is 28.2. The van der Waals surface area contributed by atoms with Crippen LogP contribution < -0.4 is 0 Å². The summed E-state index contributed by atoms with van der Waals surface area (Å²) in [6.45, 7) is 37.6. The molecule has 1 heterocycles. The summed E-state index contributed by atoms with van der Waals surface area (Å²) in [7, 11) is 0. The molecule has 0 amide bonds. The lowest BCUT2D eigenvalue weighted by Crippen LogP contribution is -2.28. The third kappa shape index (κ3) is 15.7. The Bertz CT molecular complexity index is 4050. The molecule has 0 fully saturated rings. The lowest BCUT2D eigenvalue weighted by atomic mass is 9.68. The van der Waals surface area contributed by atoms with Gasteiger partial charge in [0.15, 0.2) is 0 Å². The number of fused-ring (bicyclic) bond motifs is 15. The van der Waals surface area contributed by atoms with E-state index in [9.17, 15) is 0 Å². The van der Waals surface area contributed by atoms with Crippen molar-refractivity contribution in [3.63, 3.8) is 0 Å². The van der Waals surface area contributed by atoms with Crippen LogP contribution in [0.15, 0.2) is 279 Å². The highest BCUT2D eigenvalue weighted by molar-refractivity contribution is 6.25. The van der Waals surface area contributed by atoms with Crippen molar-refractivity contribution in [3.05, 3.63) is 312 Å². The maximum atomic E-state index is 2.43. The van der Waals surface area contributed by atoms with Crippen molar-refractivity contribution in [1.82, 2.24) is 4.57 Å². The summed E-state index contributed by atoms with van der Waals surface area (Å²) >= 11 is 0. The van der Waals surface area contributed by atoms with Crippen molar-refractivity contribution in [2.24, 2.45) is 16.2 Å². The average molecular weight is 1200 g/mol. The molecule has 0 spiro atoms. The van der Waals surface area contributed by atoms with Gasteiger partial charge in [-0.1, -0.05) is 371 Å². The highest BCUT2D eigenvalue weighted by atomic mass is 15.0. The third-order valence-corrected chi connectivity index (χ3v) is 15.8. The molecular weight excluding hydrogens is 1090 g/mol. The Hall–Kier alpha value is -8.78. The average Bonchev–Trinajstić information content (AvgIpc) is 1.58. The molecule has 91 heavy (non-hydrogen) atoms. The van der Waals surface area contributed by atoms with Crippen molar-refractivity contribution < 1.29 is 0 Å². The van der Waals surface area contributed by atoms with E-state index < -0.39 is 0 Å². The van der Waals surface area contributed by atoms with Gasteiger partial charge < -0.3 is 4.57 Å². The summed E-state index contributed by atoms with van der Waals surface area (Å²) < 4.78 is 2.43. The van der Waals surface area contributed by atoms with E-state index in [1.165, 1.54) is 110 Å². The SMILES string of the molecule is C.CC(C)(C)C.CC(C)(C)C.CC(C)(C)C.CC(C)(C)n1c2ccccc2c2ccccc21.CC1(C)c2ccccc2-c2ccccc21.c1ccc(C2(c3ccccc3)c3ccccc3-c3ccccc32)cc1.c1ccc2c(c1)c1ccccc1c1ccccc21. The molecule has 1 heteroatoms. The molecule has 0 bridgehead atoms. The minimum Gasteiger partial charge on any atom is -0.335 e. The van der Waals surface area contributed by atoms with E-state index in [0.29, 0.717) is 16.2 Å². The Balaban J connectivity index is 0.000000147. The highest BCUT2D eigenvalue weighted by Crippen LogP contribution is 2.56. The Morgan fingerprint density at radius 1 is 0.231 bits per heavy atom. The van der Waals surface area contributed by atoms with Crippen LogP contribution in [0.1, 0.15) is 159 Å². The van der Waals surface area contributed by atoms with Gasteiger partial charge >= 0.3 is 0 Å². The van der Waals surface area contributed by atoms with Crippen molar-refractivity contribution in [2.45, 2.75) is 141 Å². The van der Waals surface area contributed by atoms with Gasteiger partial charge in [0.2, 0.25) is 0 Å². The standard InChI is InChI=1S/C25H18.C18H12.C16H17N.C15H14.3C5H12.CH4/c1-3-11-19(12-4-1)25(20-13-5-2-6-14-20)23-17-9-7-15-21(23)22-16-8-10-18-24(22)25;1-2-8-14-13(7-1)15-9-3-4-11-17(15)18-12-6-5-10-16(14)18;1-16(2,3)17-14-10-6-4-8-12(14)13-9-5-7-11-15(13)17;1-15(2)13-9-5-3-7-11(13)12-8-4-6-10-14(12)15;3*1-5(2,3)4;/h1-18H;1-12H;4-11H,1-3H3;3-10H,1-2H3;3*1-4H3;1H4. The van der Waals surface area contributed by atoms with E-state index in [0.717, 1.165) is 0 Å². The summed E-state index contributed by atoms with van der Waals surface area (Å²) in [6, 6.07) is 100. The topological polar surface area (TPSA) is 4.93 Å². The number of para-hydroxylation sites is 2. The fourth-order valence-corrected chi connectivity index (χ4v) is 12.6. The van der Waals surface area contributed by atoms with Crippen LogP contribution in [-0.2, 0) is 16.4 Å². The first-order chi connectivity index (χ1) is 42.7. The Morgan fingerprint density at radius 2 is 0.429 bits per heavy atom. The molecule has 13 aromatic rings. The van der Waals surface area contributed by atoms with Crippen LogP contribution in [0.2, 0.25) is 0 Å². The molecule has 0 aliphatic heterocycles. The third-order valence-electron chi connectivity index (χ3n) is 15.8. The van der Waals surface area contributed by atoms with E-state index in [1.54, 1.807) is 0 Å². The van der Waals surface area contributed by atoms with Crippen LogP contribution in [0.5, 0.6) is 0 Å². The van der Waals surface area contributed by atoms with Gasteiger partial charge in [-0.2, -0.15) is 0 Å². The quantitative estimate of drug-likeness (QED) is 0.152. The van der Waals surface area contributed by atoms with Crippen molar-refractivity contribution in [3.8, 4) is 22.3 Å². The van der Waals surface area contributed by atoms with Gasteiger partial charge in [-0.25, -0.2) is 0 Å². The number of hydrogen-bond donors (Lipinski definition) is 0. The van der Waals surface area contributed by atoms with Gasteiger partial charge in [-0.3, -0.25) is 0 Å². The van der Waals surface area contributed by atoms with E-state index >= 15 is 0 Å². The van der Waals surface area contributed by atoms with Crippen LogP contribution >= 0.6 is 0 Å². The Labute approximate surface area is 547 Å². The molecule has 0 N–H and O–H groups in total. The van der Waals surface area contributed by atoms with E-state index in [2.05, 4.69) is 401 Å². The largest absolute Gasteiger partial charge is 0.335 e. The fraction of sp³-hybridized carbons (Fsp3) is 0.267. The minimum atomic E-state index is -0.254. The zero-order chi connectivity index (χ0) is 64.7. The molecule has 12 aromatic carbocycles. The molecule has 0 atom stereocenters. The molecule has 1 nitrogen and oxygen atoms in total. The zero-order valence-electron chi connectivity index (χ0n) is 57.0. The molecule has 0 unspecified atom stereocenters. The summed E-state index contributed by atoms with van der Waals surface area (Å²) in [6.07, 6.45) is 0. The van der Waals surface area contributed by atoms with Gasteiger partial charge in [0.25, 0.3) is 0 Å². The predicted octanol–water partition coefficient (Wildman–Crippen LogP) is 26.5. The molecule has 2 aliphatic rings. The van der Waals surface area contributed by atoms with Crippen LogP contribution in [0.25, 0.3) is 76.4 Å². The Morgan fingerprint density at radius 3 is 0.692 bits per heavy atom. The molecule has 0 saturated carbocycles. The van der Waals surface area contributed by atoms with Crippen LogP contribution in [0.4, 0.5) is 0 Å². The van der Waals surface area contributed by atoms with Crippen molar-refractivity contribution in [1.29, 1.82) is 0 Å². The van der Waals surface area contributed by atoms with Crippen molar-refractivity contribution >= 4 is 54.1 Å². The molecule has 466 valence electrons. The lowest BCUT2D eigenvalue weighted by molar-refractivity contribution is 0.423. The second-order valence-corrected chi connectivity index (χ2v) is 30.5. The number of rotatable bonds is 2. The monoisotopic (exact) mass is 1200 g/mol. The summed E-state index contributed by atoms with van der Waals surface area (Å²) in [4.78, 5) is 0. The zero-order valence-corrected chi connectivity index (χ0v) is 57.0. The molecule has 0 radical (unpaired) electrons. The Kier molecular flexibility index (Phi) is 21.1. The number of benzene rings is 12. The maximum Gasteiger partial charge on any atom is 0.0713 e. The van der Waals surface area contributed by atoms with Crippen LogP contribution in [-0.4, -0.2) is 4.57 Å². The van der Waals surface area contributed by atoms with Crippen molar-refractivity contribution in [2.75, 3.05) is 0 Å². The molecule has 15 rings (SSSR count). The van der Waals surface area contributed by atoms with E-state index in [-0.39, 0.29) is 23.8 Å². The maximum absolute atomic E-state index is 2.43. The first kappa shape index (κ1) is 68.1. The van der Waals surface area contributed by atoms with Gasteiger partial charge in [0.1, 0.15) is 0 Å². The molecular formula is C90H101N. The number of nitrogens with zero attached hydrogens (tertiary/aromatic N) is 1. The minimum absolute atomic E-state index is 0. The van der Waals surface area contributed by atoms with Gasteiger partial charge in [0, 0.05) is 32.8 Å². The second-order valence-electron chi connectivity index (χ2n) is 30.5. The van der Waals surface area contributed by atoms with E-state index in [4.69, 9.17) is 0 Å². The summed E-state index contributed by atoms with van der Waals surface area (Å²) in [5.41, 5.74) is 17.9. The first-order valence-corrected chi connectivity index (χ1v) is 32.4. The van der Waals surface area contributed by atoms with Crippen LogP contribution in [0.3, 0.4) is 0 Å². The fourth-order valence-electron chi connectivity index (χ4n) is 12.6. The predicted molar refractivity (Wildman–Crippen MR) is 403 cm³/mol. The molecule has 2 aliphatic carbocycles. The van der Waals surface area contributed by atoms with Gasteiger partial charge in [-0.05, 0) is 137 Å². The first-order valence-electron chi connectivity index (χ1n) is 32.4. The van der Waals surface area contributed by atoms with E-state index in [1.807, 2.05) is 0 Å².